The summed E-state index contributed by atoms with van der Waals surface area (Å²) in [6.45, 7) is 7.25. The van der Waals surface area contributed by atoms with Crippen molar-refractivity contribution in [1.82, 2.24) is 14.3 Å². The van der Waals surface area contributed by atoms with Crippen LogP contribution in [0.5, 0.6) is 0 Å². The zero-order chi connectivity index (χ0) is 18.5. The van der Waals surface area contributed by atoms with Crippen LogP contribution in [-0.4, -0.2) is 34.5 Å². The minimum Gasteiger partial charge on any atom is -0.383 e. The molecule has 138 valence electrons. The average molecular weight is 372 g/mol. The maximum absolute atomic E-state index is 12.2. The largest absolute Gasteiger partial charge is 0.383 e. The van der Waals surface area contributed by atoms with Gasteiger partial charge in [0.2, 0.25) is 0 Å². The van der Waals surface area contributed by atoms with E-state index in [1.54, 1.807) is 23.8 Å². The first kappa shape index (κ1) is 18.8. The van der Waals surface area contributed by atoms with E-state index < -0.39 is 0 Å². The highest BCUT2D eigenvalue weighted by atomic mass is 32.1. The number of aromatic nitrogens is 2. The van der Waals surface area contributed by atoms with E-state index in [4.69, 9.17) is 4.74 Å². The number of fused-ring (bicyclic) bond motifs is 1. The Morgan fingerprint density at radius 2 is 2.00 bits per heavy atom. The van der Waals surface area contributed by atoms with Gasteiger partial charge in [0.1, 0.15) is 0 Å². The van der Waals surface area contributed by atoms with Crippen molar-refractivity contribution in [2.45, 2.75) is 32.9 Å². The number of nitrogens with zero attached hydrogens (tertiary/aromatic N) is 3. The highest BCUT2D eigenvalue weighted by Gasteiger charge is 2.11. The van der Waals surface area contributed by atoms with Gasteiger partial charge in [-0.1, -0.05) is 38.1 Å². The Labute approximate surface area is 157 Å². The van der Waals surface area contributed by atoms with Crippen molar-refractivity contribution in [3.8, 4) is 0 Å². The van der Waals surface area contributed by atoms with Crippen molar-refractivity contribution in [3.05, 3.63) is 69.1 Å². The molecule has 0 bridgehead atoms. The van der Waals surface area contributed by atoms with Gasteiger partial charge in [0.25, 0.3) is 5.56 Å². The molecule has 0 atom stereocenters. The lowest BCUT2D eigenvalue weighted by molar-refractivity contribution is 0.139. The second kappa shape index (κ2) is 8.58. The first-order valence-corrected chi connectivity index (χ1v) is 9.70. The molecule has 0 unspecified atom stereocenters. The van der Waals surface area contributed by atoms with Crippen LogP contribution >= 0.6 is 11.3 Å². The van der Waals surface area contributed by atoms with E-state index in [0.717, 1.165) is 23.7 Å². The smallest absolute Gasteiger partial charge is 0.258 e. The second-order valence-corrected chi connectivity index (χ2v) is 7.61. The lowest BCUT2D eigenvalue weighted by Gasteiger charge is -2.22. The highest BCUT2D eigenvalue weighted by Crippen LogP contribution is 2.16. The van der Waals surface area contributed by atoms with Crippen molar-refractivity contribution in [2.24, 2.45) is 0 Å². The summed E-state index contributed by atoms with van der Waals surface area (Å²) in [5, 5.41) is 1.88. The minimum absolute atomic E-state index is 0.0285. The van der Waals surface area contributed by atoms with Gasteiger partial charge in [-0.05, 0) is 17.0 Å². The molecule has 26 heavy (non-hydrogen) atoms. The van der Waals surface area contributed by atoms with Crippen LogP contribution in [0, 0.1) is 0 Å². The number of methoxy groups -OCH3 is 1. The third-order valence-corrected chi connectivity index (χ3v) is 5.16. The number of hydrogen-bond acceptors (Lipinski definition) is 5. The van der Waals surface area contributed by atoms with Gasteiger partial charge in [0, 0.05) is 44.4 Å². The third kappa shape index (κ3) is 4.58. The highest BCUT2D eigenvalue weighted by molar-refractivity contribution is 7.15. The Balaban J connectivity index is 1.77. The third-order valence-electron chi connectivity index (χ3n) is 4.41. The molecule has 0 amide bonds. The maximum Gasteiger partial charge on any atom is 0.258 e. The molecular formula is C20H25N3O2S. The summed E-state index contributed by atoms with van der Waals surface area (Å²) in [5.41, 5.74) is 3.36. The van der Waals surface area contributed by atoms with E-state index in [1.807, 2.05) is 5.38 Å². The summed E-state index contributed by atoms with van der Waals surface area (Å²) < 4.78 is 6.84. The Kier molecular flexibility index (Phi) is 6.19. The number of thiazole rings is 1. The van der Waals surface area contributed by atoms with E-state index in [1.165, 1.54) is 22.5 Å². The van der Waals surface area contributed by atoms with Crippen molar-refractivity contribution in [3.63, 3.8) is 0 Å². The Bertz CT molecular complexity index is 899. The summed E-state index contributed by atoms with van der Waals surface area (Å²) in [7, 11) is 1.71. The van der Waals surface area contributed by atoms with Crippen molar-refractivity contribution in [2.75, 3.05) is 20.3 Å². The fourth-order valence-corrected chi connectivity index (χ4v) is 3.64. The zero-order valence-corrected chi connectivity index (χ0v) is 16.3. The number of ether oxygens (including phenoxy) is 1. The van der Waals surface area contributed by atoms with Crippen LogP contribution in [-0.2, 0) is 17.8 Å². The van der Waals surface area contributed by atoms with Crippen LogP contribution < -0.4 is 5.56 Å². The fraction of sp³-hybridized carbons (Fsp3) is 0.400. The summed E-state index contributed by atoms with van der Waals surface area (Å²) >= 11 is 1.48. The van der Waals surface area contributed by atoms with Crippen molar-refractivity contribution in [1.29, 1.82) is 0 Å². The molecule has 6 heteroatoms. The topological polar surface area (TPSA) is 46.8 Å². The summed E-state index contributed by atoms with van der Waals surface area (Å²) in [6, 6.07) is 10.4. The van der Waals surface area contributed by atoms with Gasteiger partial charge >= 0.3 is 0 Å². The molecule has 0 saturated heterocycles. The van der Waals surface area contributed by atoms with Crippen molar-refractivity contribution >= 4 is 16.3 Å². The molecule has 3 aromatic rings. The molecule has 2 heterocycles. The van der Waals surface area contributed by atoms with Gasteiger partial charge in [0.15, 0.2) is 4.96 Å². The van der Waals surface area contributed by atoms with Gasteiger partial charge in [-0.2, -0.15) is 0 Å². The van der Waals surface area contributed by atoms with E-state index in [-0.39, 0.29) is 5.56 Å². The molecular weight excluding hydrogens is 346 g/mol. The van der Waals surface area contributed by atoms with Gasteiger partial charge in [-0.15, -0.1) is 11.3 Å². The molecule has 0 spiro atoms. The summed E-state index contributed by atoms with van der Waals surface area (Å²) in [6.07, 6.45) is 1.76. The number of rotatable bonds is 8. The Morgan fingerprint density at radius 1 is 1.23 bits per heavy atom. The van der Waals surface area contributed by atoms with Crippen LogP contribution in [0.3, 0.4) is 0 Å². The van der Waals surface area contributed by atoms with Gasteiger partial charge in [-0.25, -0.2) is 4.98 Å². The van der Waals surface area contributed by atoms with Gasteiger partial charge < -0.3 is 4.74 Å². The maximum atomic E-state index is 12.2. The van der Waals surface area contributed by atoms with Crippen LogP contribution in [0.4, 0.5) is 0 Å². The Hall–Kier alpha value is -2.02. The molecule has 3 rings (SSSR count). The summed E-state index contributed by atoms with van der Waals surface area (Å²) in [5.74, 6) is 0.531. The molecule has 5 nitrogen and oxygen atoms in total. The monoisotopic (exact) mass is 371 g/mol. The zero-order valence-electron chi connectivity index (χ0n) is 15.5. The lowest BCUT2D eigenvalue weighted by atomic mass is 10.0. The summed E-state index contributed by atoms with van der Waals surface area (Å²) in [4.78, 5) is 19.8. The van der Waals surface area contributed by atoms with Crippen LogP contribution in [0.1, 0.15) is 36.6 Å². The molecule has 0 aliphatic heterocycles. The molecule has 2 aromatic heterocycles. The predicted molar refractivity (Wildman–Crippen MR) is 106 cm³/mol. The minimum atomic E-state index is -0.0285. The van der Waals surface area contributed by atoms with Gasteiger partial charge in [0.05, 0.1) is 12.3 Å². The number of benzene rings is 1. The quantitative estimate of drug-likeness (QED) is 0.608. The average Bonchev–Trinajstić information content (AvgIpc) is 3.09. The molecule has 0 aliphatic rings. The van der Waals surface area contributed by atoms with Crippen LogP contribution in [0.15, 0.2) is 46.7 Å². The van der Waals surface area contributed by atoms with E-state index in [2.05, 4.69) is 48.0 Å². The first-order valence-electron chi connectivity index (χ1n) is 8.82. The lowest BCUT2D eigenvalue weighted by Crippen LogP contribution is -2.28. The molecule has 0 saturated carbocycles. The normalized spacial score (nSPS) is 11.7. The standard InChI is InChI=1S/C20H25N3O2S/c1-15(2)17-6-4-16(5-7-17)13-22(8-10-25-3)14-18-12-19(24)23-9-11-26-20(23)21-18/h4-7,9,11-12,15H,8,10,13-14H2,1-3H3. The van der Waals surface area contributed by atoms with E-state index in [0.29, 0.717) is 19.1 Å². The molecule has 0 N–H and O–H groups in total. The van der Waals surface area contributed by atoms with Crippen LogP contribution in [0.2, 0.25) is 0 Å². The molecule has 0 fully saturated rings. The van der Waals surface area contributed by atoms with Crippen LogP contribution in [0.25, 0.3) is 4.96 Å². The molecule has 0 aliphatic carbocycles. The van der Waals surface area contributed by atoms with Crippen molar-refractivity contribution < 1.29 is 4.74 Å². The van der Waals surface area contributed by atoms with E-state index >= 15 is 0 Å². The second-order valence-electron chi connectivity index (χ2n) is 6.74. The van der Waals surface area contributed by atoms with Gasteiger partial charge in [-0.3, -0.25) is 14.1 Å². The predicted octanol–water partition coefficient (Wildman–Crippen LogP) is 3.53. The fourth-order valence-electron chi connectivity index (χ4n) is 2.90. The van der Waals surface area contributed by atoms with E-state index in [9.17, 15) is 4.79 Å². The Morgan fingerprint density at radius 3 is 2.69 bits per heavy atom. The molecule has 1 aromatic carbocycles. The number of hydrogen-bond donors (Lipinski definition) is 0. The first-order chi connectivity index (χ1) is 12.6. The SMILES string of the molecule is COCCN(Cc1ccc(C(C)C)cc1)Cc1cc(=O)n2ccsc2n1. The molecule has 0 radical (unpaired) electrons.